The summed E-state index contributed by atoms with van der Waals surface area (Å²) in [5.41, 5.74) is 0.0972. The maximum atomic E-state index is 11.6. The van der Waals surface area contributed by atoms with Gasteiger partial charge in [0.15, 0.2) is 0 Å². The van der Waals surface area contributed by atoms with E-state index in [1.807, 2.05) is 0 Å². The Labute approximate surface area is 152 Å². The Bertz CT molecular complexity index is 469. The fourth-order valence-electron chi connectivity index (χ4n) is 1.83. The minimum Gasteiger partial charge on any atom is -0.481 e. The first-order valence-corrected chi connectivity index (χ1v) is 8.26. The SMILES string of the molecule is CC(C)(C)NCCCCCNC(=O)N[C@@H](CCC(=O)O)C(=O)O.O=C=O. The summed E-state index contributed by atoms with van der Waals surface area (Å²) in [6, 6.07) is -1.78. The molecule has 0 aliphatic carbocycles. The molecule has 0 aromatic rings. The summed E-state index contributed by atoms with van der Waals surface area (Å²) in [6.45, 7) is 7.66. The van der Waals surface area contributed by atoms with Gasteiger partial charge in [-0.15, -0.1) is 0 Å². The van der Waals surface area contributed by atoms with Crippen molar-refractivity contribution >= 4 is 24.1 Å². The van der Waals surface area contributed by atoms with Crippen LogP contribution in [0.1, 0.15) is 52.9 Å². The number of hydrogen-bond donors (Lipinski definition) is 5. The maximum Gasteiger partial charge on any atom is 0.373 e. The fourth-order valence-corrected chi connectivity index (χ4v) is 1.83. The summed E-state index contributed by atoms with van der Waals surface area (Å²) in [7, 11) is 0. The zero-order chi connectivity index (χ0) is 20.6. The molecule has 5 N–H and O–H groups in total. The molecule has 0 rings (SSSR count). The summed E-state index contributed by atoms with van der Waals surface area (Å²) in [5, 5.41) is 25.7. The van der Waals surface area contributed by atoms with Crippen LogP contribution in [-0.4, -0.2) is 59.0 Å². The molecule has 0 fully saturated rings. The number of nitrogens with one attached hydrogen (secondary N) is 3. The standard InChI is InChI=1S/C15H29N3O5.CO2/c1-15(2,3)17-10-6-4-5-9-16-14(23)18-11(13(21)22)7-8-12(19)20;2-1-3/h11,17H,4-10H2,1-3H3,(H,19,20)(H,21,22)(H2,16,18,23);/t11-;/m0./s1. The highest BCUT2D eigenvalue weighted by Gasteiger charge is 2.20. The second kappa shape index (κ2) is 14.9. The number of unbranched alkanes of at least 4 members (excludes halogenated alkanes) is 2. The summed E-state index contributed by atoms with van der Waals surface area (Å²) in [6.07, 6.45) is 2.54. The molecule has 0 aliphatic rings. The third-order valence-corrected chi connectivity index (χ3v) is 3.04. The van der Waals surface area contributed by atoms with Crippen molar-refractivity contribution in [3.05, 3.63) is 0 Å². The van der Waals surface area contributed by atoms with Crippen molar-refractivity contribution in [1.82, 2.24) is 16.0 Å². The van der Waals surface area contributed by atoms with Crippen LogP contribution in [0.2, 0.25) is 0 Å². The Kier molecular flexibility index (Phi) is 14.7. The molecule has 1 atom stereocenters. The predicted molar refractivity (Wildman–Crippen MR) is 91.4 cm³/mol. The lowest BCUT2D eigenvalue weighted by Crippen LogP contribution is -2.46. The zero-order valence-electron chi connectivity index (χ0n) is 15.5. The highest BCUT2D eigenvalue weighted by molar-refractivity contribution is 5.82. The minimum atomic E-state index is -1.24. The number of carboxylic acid groups (broad SMARTS) is 2. The van der Waals surface area contributed by atoms with Crippen LogP contribution >= 0.6 is 0 Å². The molecular weight excluding hydrogens is 346 g/mol. The third-order valence-electron chi connectivity index (χ3n) is 3.04. The molecule has 10 heteroatoms. The van der Waals surface area contributed by atoms with Gasteiger partial charge >= 0.3 is 24.1 Å². The van der Waals surface area contributed by atoms with E-state index < -0.39 is 24.0 Å². The van der Waals surface area contributed by atoms with E-state index in [0.29, 0.717) is 6.54 Å². The lowest BCUT2D eigenvalue weighted by Gasteiger charge is -2.20. The second-order valence-electron chi connectivity index (χ2n) is 6.54. The summed E-state index contributed by atoms with van der Waals surface area (Å²) in [5.74, 6) is -2.34. The van der Waals surface area contributed by atoms with Gasteiger partial charge < -0.3 is 26.2 Å². The number of aliphatic carboxylic acids is 2. The van der Waals surface area contributed by atoms with Crippen LogP contribution in [0.15, 0.2) is 0 Å². The van der Waals surface area contributed by atoms with Crippen LogP contribution in [0.5, 0.6) is 0 Å². The van der Waals surface area contributed by atoms with Crippen molar-refractivity contribution in [3.8, 4) is 0 Å². The van der Waals surface area contributed by atoms with Gasteiger partial charge in [0.25, 0.3) is 0 Å². The topological polar surface area (TPSA) is 162 Å². The van der Waals surface area contributed by atoms with Gasteiger partial charge in [-0.2, -0.15) is 9.59 Å². The molecule has 0 saturated carbocycles. The van der Waals surface area contributed by atoms with E-state index in [1.165, 1.54) is 0 Å². The van der Waals surface area contributed by atoms with Crippen LogP contribution in [0.4, 0.5) is 4.79 Å². The summed E-state index contributed by atoms with van der Waals surface area (Å²) >= 11 is 0. The van der Waals surface area contributed by atoms with Crippen molar-refractivity contribution in [2.45, 2.75) is 64.5 Å². The molecule has 0 unspecified atom stereocenters. The van der Waals surface area contributed by atoms with Crippen molar-refractivity contribution < 1.29 is 34.2 Å². The van der Waals surface area contributed by atoms with Crippen LogP contribution in [0.25, 0.3) is 0 Å². The average molecular weight is 375 g/mol. The molecule has 0 radical (unpaired) electrons. The number of rotatable bonds is 11. The number of carboxylic acids is 2. The van der Waals surface area contributed by atoms with E-state index in [0.717, 1.165) is 25.8 Å². The lowest BCUT2D eigenvalue weighted by atomic mass is 10.1. The number of amides is 2. The van der Waals surface area contributed by atoms with E-state index in [1.54, 1.807) is 0 Å². The van der Waals surface area contributed by atoms with Gasteiger partial charge in [-0.25, -0.2) is 9.59 Å². The highest BCUT2D eigenvalue weighted by Crippen LogP contribution is 2.01. The van der Waals surface area contributed by atoms with Crippen molar-refractivity contribution in [2.75, 3.05) is 13.1 Å². The number of urea groups is 1. The van der Waals surface area contributed by atoms with Crippen LogP contribution in [-0.2, 0) is 19.2 Å². The molecule has 2 amide bonds. The lowest BCUT2D eigenvalue weighted by molar-refractivity contribution is -0.191. The van der Waals surface area contributed by atoms with Gasteiger partial charge in [-0.3, -0.25) is 4.79 Å². The van der Waals surface area contributed by atoms with E-state index >= 15 is 0 Å². The first kappa shape index (κ1) is 25.8. The summed E-state index contributed by atoms with van der Waals surface area (Å²) in [4.78, 5) is 49.2. The Morgan fingerprint density at radius 2 is 1.54 bits per heavy atom. The normalized spacial score (nSPS) is 11.3. The molecular formula is C16H29N3O7. The smallest absolute Gasteiger partial charge is 0.373 e. The van der Waals surface area contributed by atoms with E-state index in [-0.39, 0.29) is 24.5 Å². The predicted octanol–water partition coefficient (Wildman–Crippen LogP) is 0.579. The first-order valence-electron chi connectivity index (χ1n) is 8.26. The molecule has 0 spiro atoms. The number of carbonyl (C=O) groups is 3. The molecule has 150 valence electrons. The second-order valence-corrected chi connectivity index (χ2v) is 6.54. The van der Waals surface area contributed by atoms with Gasteiger partial charge in [0.05, 0.1) is 0 Å². The fraction of sp³-hybridized carbons (Fsp3) is 0.750. The van der Waals surface area contributed by atoms with Crippen molar-refractivity contribution in [3.63, 3.8) is 0 Å². The molecule has 26 heavy (non-hydrogen) atoms. The van der Waals surface area contributed by atoms with E-state index in [4.69, 9.17) is 19.8 Å². The minimum absolute atomic E-state index is 0.0972. The quantitative estimate of drug-likeness (QED) is 0.327. The van der Waals surface area contributed by atoms with E-state index in [9.17, 15) is 14.4 Å². The molecule has 0 aliphatic heterocycles. The monoisotopic (exact) mass is 375 g/mol. The highest BCUT2D eigenvalue weighted by atomic mass is 16.4. The summed E-state index contributed by atoms with van der Waals surface area (Å²) < 4.78 is 0. The van der Waals surface area contributed by atoms with Crippen molar-refractivity contribution in [2.24, 2.45) is 0 Å². The molecule has 0 aromatic heterocycles. The van der Waals surface area contributed by atoms with Gasteiger partial charge in [0.1, 0.15) is 6.04 Å². The Balaban J connectivity index is 0. The molecule has 0 bridgehead atoms. The zero-order valence-corrected chi connectivity index (χ0v) is 15.5. The number of carbonyl (C=O) groups excluding carboxylic acids is 3. The van der Waals surface area contributed by atoms with Gasteiger partial charge in [0, 0.05) is 18.5 Å². The van der Waals surface area contributed by atoms with Crippen LogP contribution in [0.3, 0.4) is 0 Å². The Morgan fingerprint density at radius 3 is 2.00 bits per heavy atom. The maximum absolute atomic E-state index is 11.6. The van der Waals surface area contributed by atoms with E-state index in [2.05, 4.69) is 36.7 Å². The largest absolute Gasteiger partial charge is 0.481 e. The molecule has 0 heterocycles. The van der Waals surface area contributed by atoms with Gasteiger partial charge in [0.2, 0.25) is 0 Å². The van der Waals surface area contributed by atoms with Gasteiger partial charge in [-0.05, 0) is 46.6 Å². The number of hydrogen-bond acceptors (Lipinski definition) is 6. The van der Waals surface area contributed by atoms with Crippen LogP contribution < -0.4 is 16.0 Å². The Hall–Kier alpha value is -2.45. The van der Waals surface area contributed by atoms with Crippen LogP contribution in [0, 0.1) is 0 Å². The average Bonchev–Trinajstić information content (AvgIpc) is 2.49. The third kappa shape index (κ3) is 19.6. The van der Waals surface area contributed by atoms with Crippen molar-refractivity contribution in [1.29, 1.82) is 0 Å². The Morgan fingerprint density at radius 1 is 1.00 bits per heavy atom. The van der Waals surface area contributed by atoms with Gasteiger partial charge in [-0.1, -0.05) is 6.42 Å². The first-order chi connectivity index (χ1) is 12.0. The molecule has 0 saturated heterocycles. The molecule has 0 aromatic carbocycles. The molecule has 10 nitrogen and oxygen atoms in total.